The Kier molecular flexibility index (Phi) is 6.68. The largest absolute Gasteiger partial charge is 0.391 e. The Balaban J connectivity index is 2.21. The average molecular weight is 378 g/mol. The molecule has 1 aliphatic rings. The maximum absolute atomic E-state index is 12.6. The normalized spacial score (nSPS) is 22.7. The van der Waals surface area contributed by atoms with Crippen LogP contribution in [0.5, 0.6) is 0 Å². The Morgan fingerprint density at radius 2 is 2.22 bits per heavy atom. The van der Waals surface area contributed by atoms with E-state index in [1.165, 1.54) is 6.07 Å². The van der Waals surface area contributed by atoms with Crippen molar-refractivity contribution in [3.05, 3.63) is 28.6 Å². The van der Waals surface area contributed by atoms with Crippen molar-refractivity contribution >= 4 is 33.0 Å². The second-order valence-electron chi connectivity index (χ2n) is 6.10. The van der Waals surface area contributed by atoms with E-state index in [0.29, 0.717) is 4.34 Å². The second kappa shape index (κ2) is 8.12. The standard InChI is InChI=1S/C16H24ClNO3S2/c1-3-11(2)15(16(19)12-7-5-4-6-8-12)18-23(20,21)14-10-9-13(17)22-14/h5,7,9-12,15-16,18-19H,3-4,6,8H2,1-2H3/t11-,12+,15-,16?/m0/s1. The smallest absolute Gasteiger partial charge is 0.250 e. The second-order valence-corrected chi connectivity index (χ2v) is 9.76. The minimum Gasteiger partial charge on any atom is -0.391 e. The molecule has 0 amide bonds. The van der Waals surface area contributed by atoms with Crippen molar-refractivity contribution in [2.75, 3.05) is 0 Å². The minimum absolute atomic E-state index is 0.00243. The molecule has 130 valence electrons. The maximum atomic E-state index is 12.6. The third kappa shape index (κ3) is 4.79. The van der Waals surface area contributed by atoms with E-state index in [1.54, 1.807) is 6.07 Å². The SMILES string of the molecule is CC[C@H](C)[C@H](NS(=O)(=O)c1ccc(Cl)s1)C(O)[C@@H]1C=CCCC1. The molecule has 0 saturated carbocycles. The number of allylic oxidation sites excluding steroid dienone is 1. The van der Waals surface area contributed by atoms with Gasteiger partial charge in [0, 0.05) is 5.92 Å². The molecule has 1 aliphatic carbocycles. The lowest BCUT2D eigenvalue weighted by Crippen LogP contribution is -2.49. The molecule has 0 aliphatic heterocycles. The number of aliphatic hydroxyl groups excluding tert-OH is 1. The molecular formula is C16H24ClNO3S2. The predicted octanol–water partition coefficient (Wildman–Crippen LogP) is 3.81. The van der Waals surface area contributed by atoms with Crippen LogP contribution in [0.25, 0.3) is 0 Å². The van der Waals surface area contributed by atoms with Crippen molar-refractivity contribution in [1.82, 2.24) is 4.72 Å². The van der Waals surface area contributed by atoms with E-state index in [2.05, 4.69) is 10.8 Å². The van der Waals surface area contributed by atoms with Gasteiger partial charge in [0.15, 0.2) is 0 Å². The summed E-state index contributed by atoms with van der Waals surface area (Å²) in [6.07, 6.45) is 7.07. The number of thiophene rings is 1. The number of aliphatic hydroxyl groups is 1. The van der Waals surface area contributed by atoms with E-state index in [9.17, 15) is 13.5 Å². The molecule has 0 aromatic carbocycles. The van der Waals surface area contributed by atoms with Crippen LogP contribution in [0.4, 0.5) is 0 Å². The van der Waals surface area contributed by atoms with Crippen molar-refractivity contribution in [2.24, 2.45) is 11.8 Å². The van der Waals surface area contributed by atoms with Crippen LogP contribution in [0.1, 0.15) is 39.5 Å². The van der Waals surface area contributed by atoms with Gasteiger partial charge in [0.1, 0.15) is 4.21 Å². The van der Waals surface area contributed by atoms with E-state index in [0.717, 1.165) is 37.0 Å². The number of nitrogens with one attached hydrogen (secondary N) is 1. The summed E-state index contributed by atoms with van der Waals surface area (Å²) in [5.74, 6) is 0.0305. The van der Waals surface area contributed by atoms with E-state index in [1.807, 2.05) is 19.9 Å². The number of rotatable bonds is 7. The Hall–Kier alpha value is -0.400. The first-order valence-electron chi connectivity index (χ1n) is 7.97. The van der Waals surface area contributed by atoms with Gasteiger partial charge in [0.05, 0.1) is 16.5 Å². The molecule has 1 unspecified atom stereocenters. The summed E-state index contributed by atoms with van der Waals surface area (Å²) >= 11 is 6.87. The zero-order valence-electron chi connectivity index (χ0n) is 13.4. The number of halogens is 1. The summed E-state index contributed by atoms with van der Waals surface area (Å²) in [4.78, 5) is 0. The number of hydrogen-bond donors (Lipinski definition) is 2. The number of sulfonamides is 1. The lowest BCUT2D eigenvalue weighted by molar-refractivity contribution is 0.0685. The van der Waals surface area contributed by atoms with Crippen LogP contribution in [0, 0.1) is 11.8 Å². The van der Waals surface area contributed by atoms with Gasteiger partial charge in [-0.15, -0.1) is 11.3 Å². The van der Waals surface area contributed by atoms with E-state index < -0.39 is 22.2 Å². The summed E-state index contributed by atoms with van der Waals surface area (Å²) in [5.41, 5.74) is 0. The van der Waals surface area contributed by atoms with Gasteiger partial charge in [-0.3, -0.25) is 0 Å². The van der Waals surface area contributed by atoms with Crippen LogP contribution in [0.15, 0.2) is 28.5 Å². The Bertz CT molecular complexity index is 642. The van der Waals surface area contributed by atoms with Crippen LogP contribution in [-0.4, -0.2) is 25.7 Å². The van der Waals surface area contributed by atoms with Gasteiger partial charge in [-0.1, -0.05) is 44.0 Å². The molecule has 23 heavy (non-hydrogen) atoms. The van der Waals surface area contributed by atoms with Gasteiger partial charge in [-0.2, -0.15) is 0 Å². The fourth-order valence-electron chi connectivity index (χ4n) is 2.85. The van der Waals surface area contributed by atoms with Crippen molar-refractivity contribution < 1.29 is 13.5 Å². The Morgan fingerprint density at radius 1 is 1.48 bits per heavy atom. The molecule has 0 spiro atoms. The molecule has 1 heterocycles. The first-order valence-corrected chi connectivity index (χ1v) is 10.6. The molecule has 0 saturated heterocycles. The van der Waals surface area contributed by atoms with Gasteiger partial charge in [-0.05, 0) is 37.3 Å². The van der Waals surface area contributed by atoms with Gasteiger partial charge >= 0.3 is 0 Å². The summed E-state index contributed by atoms with van der Waals surface area (Å²) < 4.78 is 28.5. The predicted molar refractivity (Wildman–Crippen MR) is 95.4 cm³/mol. The van der Waals surface area contributed by atoms with E-state index in [4.69, 9.17) is 11.6 Å². The highest BCUT2D eigenvalue weighted by molar-refractivity contribution is 7.91. The Labute approximate surface area is 147 Å². The molecule has 4 nitrogen and oxygen atoms in total. The highest BCUT2D eigenvalue weighted by atomic mass is 35.5. The molecule has 2 N–H and O–H groups in total. The number of hydrogen-bond acceptors (Lipinski definition) is 4. The van der Waals surface area contributed by atoms with Gasteiger partial charge in [0.25, 0.3) is 0 Å². The summed E-state index contributed by atoms with van der Waals surface area (Å²) in [5, 5.41) is 10.7. The van der Waals surface area contributed by atoms with Gasteiger partial charge in [0.2, 0.25) is 10.0 Å². The summed E-state index contributed by atoms with van der Waals surface area (Å²) in [6, 6.07) is 2.55. The first kappa shape index (κ1) is 18.9. The molecule has 2 rings (SSSR count). The Morgan fingerprint density at radius 3 is 2.74 bits per heavy atom. The van der Waals surface area contributed by atoms with Crippen molar-refractivity contribution in [3.63, 3.8) is 0 Å². The summed E-state index contributed by atoms with van der Waals surface area (Å²) in [6.45, 7) is 3.96. The zero-order chi connectivity index (χ0) is 17.0. The van der Waals surface area contributed by atoms with Crippen LogP contribution >= 0.6 is 22.9 Å². The van der Waals surface area contributed by atoms with Crippen LogP contribution in [-0.2, 0) is 10.0 Å². The topological polar surface area (TPSA) is 66.4 Å². The van der Waals surface area contributed by atoms with Crippen molar-refractivity contribution in [2.45, 2.75) is 55.9 Å². The molecule has 1 aromatic heterocycles. The molecular weight excluding hydrogens is 354 g/mol. The molecule has 0 radical (unpaired) electrons. The fraction of sp³-hybridized carbons (Fsp3) is 0.625. The van der Waals surface area contributed by atoms with E-state index >= 15 is 0 Å². The van der Waals surface area contributed by atoms with Crippen LogP contribution in [0.2, 0.25) is 4.34 Å². The molecule has 1 aromatic rings. The molecule has 7 heteroatoms. The highest BCUT2D eigenvalue weighted by Gasteiger charge is 2.34. The average Bonchev–Trinajstić information content (AvgIpc) is 2.99. The quantitative estimate of drug-likeness (QED) is 0.710. The molecule has 4 atom stereocenters. The van der Waals surface area contributed by atoms with Crippen molar-refractivity contribution in [3.8, 4) is 0 Å². The minimum atomic E-state index is -3.68. The van der Waals surface area contributed by atoms with Crippen LogP contribution < -0.4 is 4.72 Å². The van der Waals surface area contributed by atoms with E-state index in [-0.39, 0.29) is 16.0 Å². The first-order chi connectivity index (χ1) is 10.8. The maximum Gasteiger partial charge on any atom is 0.250 e. The fourth-order valence-corrected chi connectivity index (χ4v) is 5.71. The molecule has 0 fully saturated rings. The lowest BCUT2D eigenvalue weighted by atomic mass is 9.83. The highest BCUT2D eigenvalue weighted by Crippen LogP contribution is 2.29. The molecule has 0 bridgehead atoms. The third-order valence-corrected chi connectivity index (χ3v) is 7.64. The van der Waals surface area contributed by atoms with Gasteiger partial charge in [-0.25, -0.2) is 13.1 Å². The monoisotopic (exact) mass is 377 g/mol. The lowest BCUT2D eigenvalue weighted by Gasteiger charge is -2.33. The summed E-state index contributed by atoms with van der Waals surface area (Å²) in [7, 11) is -3.68. The van der Waals surface area contributed by atoms with Crippen LogP contribution in [0.3, 0.4) is 0 Å². The zero-order valence-corrected chi connectivity index (χ0v) is 15.8. The van der Waals surface area contributed by atoms with Gasteiger partial charge < -0.3 is 5.11 Å². The van der Waals surface area contributed by atoms with Crippen molar-refractivity contribution in [1.29, 1.82) is 0 Å². The third-order valence-electron chi connectivity index (χ3n) is 4.46.